The number of nitrogens with one attached hydrogen (secondary N) is 1. The van der Waals surface area contributed by atoms with Crippen LogP contribution in [-0.2, 0) is 6.42 Å². The summed E-state index contributed by atoms with van der Waals surface area (Å²) in [5.74, 6) is 0.754. The number of alkyl halides is 1. The van der Waals surface area contributed by atoms with Crippen LogP contribution >= 0.6 is 15.9 Å². The molecule has 18 heavy (non-hydrogen) atoms. The Hall–Kier alpha value is -0.610. The normalized spacial score (nSPS) is 13.4. The van der Waals surface area contributed by atoms with Crippen molar-refractivity contribution in [2.45, 2.75) is 38.9 Å². The van der Waals surface area contributed by atoms with Crippen molar-refractivity contribution in [2.75, 3.05) is 13.7 Å². The highest BCUT2D eigenvalue weighted by Crippen LogP contribution is 2.24. The maximum absolute atomic E-state index is 13.9. The van der Waals surface area contributed by atoms with Crippen LogP contribution < -0.4 is 10.1 Å². The molecule has 0 radical (unpaired) electrons. The third kappa shape index (κ3) is 5.36. The predicted octanol–water partition coefficient (Wildman–Crippen LogP) is 3.73. The van der Waals surface area contributed by atoms with Gasteiger partial charge in [-0.1, -0.05) is 15.9 Å². The van der Waals surface area contributed by atoms with Crippen molar-refractivity contribution in [1.29, 1.82) is 0 Å². The van der Waals surface area contributed by atoms with Gasteiger partial charge in [-0.25, -0.2) is 4.39 Å². The SMILES string of the molecule is COc1ccc(Br)c(CC(F)CNC(C)(C)C)c1. The van der Waals surface area contributed by atoms with E-state index < -0.39 is 6.17 Å². The summed E-state index contributed by atoms with van der Waals surface area (Å²) in [6, 6.07) is 5.61. The number of ether oxygens (including phenoxy) is 1. The molecule has 0 aliphatic heterocycles. The molecule has 0 aromatic heterocycles. The molecule has 0 fully saturated rings. The van der Waals surface area contributed by atoms with Gasteiger partial charge < -0.3 is 10.1 Å². The monoisotopic (exact) mass is 317 g/mol. The lowest BCUT2D eigenvalue weighted by molar-refractivity contribution is 0.284. The summed E-state index contributed by atoms with van der Waals surface area (Å²) < 4.78 is 20.0. The van der Waals surface area contributed by atoms with Gasteiger partial charge in [0.05, 0.1) is 7.11 Å². The smallest absolute Gasteiger partial charge is 0.119 e. The van der Waals surface area contributed by atoms with E-state index in [1.54, 1.807) is 7.11 Å². The molecule has 4 heteroatoms. The first kappa shape index (κ1) is 15.4. The average molecular weight is 318 g/mol. The third-order valence-electron chi connectivity index (χ3n) is 2.55. The highest BCUT2D eigenvalue weighted by atomic mass is 79.9. The van der Waals surface area contributed by atoms with Crippen LogP contribution in [0.1, 0.15) is 26.3 Å². The van der Waals surface area contributed by atoms with E-state index in [-0.39, 0.29) is 5.54 Å². The second-order valence-electron chi connectivity index (χ2n) is 5.39. The maximum Gasteiger partial charge on any atom is 0.119 e. The molecule has 1 N–H and O–H groups in total. The van der Waals surface area contributed by atoms with Crippen molar-refractivity contribution in [3.8, 4) is 5.75 Å². The van der Waals surface area contributed by atoms with Crippen LogP contribution in [0.25, 0.3) is 0 Å². The molecule has 1 aromatic rings. The molecular formula is C14H21BrFNO. The Balaban J connectivity index is 2.61. The Morgan fingerprint density at radius 2 is 2.06 bits per heavy atom. The summed E-state index contributed by atoms with van der Waals surface area (Å²) in [7, 11) is 1.61. The standard InChI is InChI=1S/C14H21BrFNO/c1-14(2,3)17-9-11(16)7-10-8-12(18-4)5-6-13(10)15/h5-6,8,11,17H,7,9H2,1-4H3. The van der Waals surface area contributed by atoms with E-state index in [0.29, 0.717) is 13.0 Å². The molecule has 102 valence electrons. The molecule has 0 saturated heterocycles. The number of rotatable bonds is 5. The number of halogens is 2. The molecular weight excluding hydrogens is 297 g/mol. The van der Waals surface area contributed by atoms with Crippen molar-refractivity contribution in [2.24, 2.45) is 0 Å². The van der Waals surface area contributed by atoms with Gasteiger partial charge in [-0.15, -0.1) is 0 Å². The van der Waals surface area contributed by atoms with E-state index >= 15 is 0 Å². The topological polar surface area (TPSA) is 21.3 Å². The summed E-state index contributed by atoms with van der Waals surface area (Å²) >= 11 is 3.44. The molecule has 2 nitrogen and oxygen atoms in total. The van der Waals surface area contributed by atoms with Gasteiger partial charge >= 0.3 is 0 Å². The molecule has 1 atom stereocenters. The molecule has 0 bridgehead atoms. The Bertz CT molecular complexity index is 390. The van der Waals surface area contributed by atoms with Gasteiger partial charge in [0.2, 0.25) is 0 Å². The summed E-state index contributed by atoms with van der Waals surface area (Å²) in [5, 5.41) is 3.17. The van der Waals surface area contributed by atoms with Crippen molar-refractivity contribution in [3.63, 3.8) is 0 Å². The summed E-state index contributed by atoms with van der Waals surface area (Å²) in [4.78, 5) is 0. The molecule has 0 aliphatic carbocycles. The Labute approximate surface area is 117 Å². The number of hydrogen-bond acceptors (Lipinski definition) is 2. The van der Waals surface area contributed by atoms with Crippen molar-refractivity contribution in [3.05, 3.63) is 28.2 Å². The Morgan fingerprint density at radius 3 is 2.61 bits per heavy atom. The van der Waals surface area contributed by atoms with Gasteiger partial charge in [0.15, 0.2) is 0 Å². The minimum absolute atomic E-state index is 0.0596. The van der Waals surface area contributed by atoms with E-state index in [0.717, 1.165) is 15.8 Å². The zero-order valence-electron chi connectivity index (χ0n) is 11.4. The molecule has 0 heterocycles. The van der Waals surface area contributed by atoms with E-state index in [4.69, 9.17) is 4.74 Å². The fraction of sp³-hybridized carbons (Fsp3) is 0.571. The minimum atomic E-state index is -0.910. The predicted molar refractivity (Wildman–Crippen MR) is 77.0 cm³/mol. The Kier molecular flexibility index (Phi) is 5.60. The largest absolute Gasteiger partial charge is 0.497 e. The van der Waals surface area contributed by atoms with Crippen molar-refractivity contribution < 1.29 is 9.13 Å². The van der Waals surface area contributed by atoms with Crippen LogP contribution in [0.15, 0.2) is 22.7 Å². The van der Waals surface area contributed by atoms with Gasteiger partial charge in [-0.2, -0.15) is 0 Å². The highest BCUT2D eigenvalue weighted by Gasteiger charge is 2.15. The lowest BCUT2D eigenvalue weighted by Crippen LogP contribution is -2.40. The van der Waals surface area contributed by atoms with Crippen LogP contribution in [0.2, 0.25) is 0 Å². The lowest BCUT2D eigenvalue weighted by atomic mass is 10.1. The number of benzene rings is 1. The molecule has 1 rings (SSSR count). The van der Waals surface area contributed by atoms with Crippen molar-refractivity contribution in [1.82, 2.24) is 5.32 Å². The van der Waals surface area contributed by atoms with Crippen LogP contribution in [0.3, 0.4) is 0 Å². The van der Waals surface area contributed by atoms with E-state index in [1.807, 2.05) is 39.0 Å². The van der Waals surface area contributed by atoms with Crippen LogP contribution in [-0.4, -0.2) is 25.4 Å². The molecule has 0 amide bonds. The fourth-order valence-electron chi connectivity index (χ4n) is 1.56. The van der Waals surface area contributed by atoms with Gasteiger partial charge in [0.25, 0.3) is 0 Å². The van der Waals surface area contributed by atoms with Crippen molar-refractivity contribution >= 4 is 15.9 Å². The van der Waals surface area contributed by atoms with Crippen LogP contribution in [0.4, 0.5) is 4.39 Å². The second kappa shape index (κ2) is 6.53. The molecule has 0 aliphatic rings. The lowest BCUT2D eigenvalue weighted by Gasteiger charge is -2.22. The Morgan fingerprint density at radius 1 is 1.39 bits per heavy atom. The molecule has 0 spiro atoms. The average Bonchev–Trinajstić information content (AvgIpc) is 2.28. The first-order valence-electron chi connectivity index (χ1n) is 6.03. The van der Waals surface area contributed by atoms with Gasteiger partial charge in [-0.05, 0) is 44.5 Å². The van der Waals surface area contributed by atoms with E-state index in [9.17, 15) is 4.39 Å². The van der Waals surface area contributed by atoms with Crippen LogP contribution in [0.5, 0.6) is 5.75 Å². The number of hydrogen-bond donors (Lipinski definition) is 1. The zero-order chi connectivity index (χ0) is 13.8. The third-order valence-corrected chi connectivity index (χ3v) is 3.32. The van der Waals surface area contributed by atoms with Gasteiger partial charge in [-0.3, -0.25) is 0 Å². The van der Waals surface area contributed by atoms with Gasteiger partial charge in [0.1, 0.15) is 11.9 Å². The first-order valence-corrected chi connectivity index (χ1v) is 6.82. The zero-order valence-corrected chi connectivity index (χ0v) is 13.0. The number of methoxy groups -OCH3 is 1. The first-order chi connectivity index (χ1) is 8.31. The summed E-state index contributed by atoms with van der Waals surface area (Å²) in [6.45, 7) is 6.44. The fourth-order valence-corrected chi connectivity index (χ4v) is 1.97. The molecule has 0 saturated carbocycles. The van der Waals surface area contributed by atoms with E-state index in [1.165, 1.54) is 0 Å². The molecule has 1 aromatic carbocycles. The summed E-state index contributed by atoms with van der Waals surface area (Å²) in [5.41, 5.74) is 0.869. The summed E-state index contributed by atoms with van der Waals surface area (Å²) in [6.07, 6.45) is -0.534. The molecule has 1 unspecified atom stereocenters. The second-order valence-corrected chi connectivity index (χ2v) is 6.24. The van der Waals surface area contributed by atoms with Crippen LogP contribution in [0, 0.1) is 0 Å². The minimum Gasteiger partial charge on any atom is -0.497 e. The van der Waals surface area contributed by atoms with Gasteiger partial charge in [0, 0.05) is 23.0 Å². The van der Waals surface area contributed by atoms with E-state index in [2.05, 4.69) is 21.2 Å². The highest BCUT2D eigenvalue weighted by molar-refractivity contribution is 9.10. The maximum atomic E-state index is 13.9. The quantitative estimate of drug-likeness (QED) is 0.893.